The number of halogens is 1. The van der Waals surface area contributed by atoms with E-state index < -0.39 is 0 Å². The molecule has 1 aromatic carbocycles. The average Bonchev–Trinajstić information content (AvgIpc) is 3.32. The van der Waals surface area contributed by atoms with E-state index in [1.54, 1.807) is 11.3 Å². The van der Waals surface area contributed by atoms with Gasteiger partial charge in [-0.1, -0.05) is 66.3 Å². The van der Waals surface area contributed by atoms with Crippen LogP contribution in [0.25, 0.3) is 5.57 Å². The number of hydrogen-bond acceptors (Lipinski definition) is 3. The summed E-state index contributed by atoms with van der Waals surface area (Å²) in [7, 11) is 0. The van der Waals surface area contributed by atoms with Crippen LogP contribution in [-0.4, -0.2) is 10.9 Å². The predicted octanol–water partition coefficient (Wildman–Crippen LogP) is 7.70. The van der Waals surface area contributed by atoms with Gasteiger partial charge in [-0.05, 0) is 54.1 Å². The van der Waals surface area contributed by atoms with Crippen LogP contribution in [0.5, 0.6) is 0 Å². The van der Waals surface area contributed by atoms with Crippen LogP contribution < -0.4 is 0 Å². The normalized spacial score (nSPS) is 17.6. The van der Waals surface area contributed by atoms with Gasteiger partial charge >= 0.3 is 0 Å². The Labute approximate surface area is 208 Å². The molecule has 0 saturated carbocycles. The number of aliphatic hydroxyl groups is 1. The Kier molecular flexibility index (Phi) is 11.4. The summed E-state index contributed by atoms with van der Waals surface area (Å²) in [5.74, 6) is 1.65. The van der Waals surface area contributed by atoms with Gasteiger partial charge in [-0.2, -0.15) is 23.9 Å². The van der Waals surface area contributed by atoms with Crippen molar-refractivity contribution in [3.05, 3.63) is 57.9 Å². The van der Waals surface area contributed by atoms with E-state index in [2.05, 4.69) is 42.6 Å². The first-order valence-electron chi connectivity index (χ1n) is 9.94. The Hall–Kier alpha value is 0.364. The number of hydrogen-bond donors (Lipinski definition) is 1. The molecule has 0 amide bonds. The largest absolute Gasteiger partial charge is 0.388 e. The first-order valence-corrected chi connectivity index (χ1v) is 12.1. The Morgan fingerprint density at radius 1 is 1.25 bits per heavy atom. The van der Waals surface area contributed by atoms with Crippen LogP contribution in [-0.2, 0) is 32.7 Å². The molecule has 3 rings (SSSR count). The van der Waals surface area contributed by atoms with Crippen molar-refractivity contribution in [3.8, 4) is 0 Å². The molecule has 2 atom stereocenters. The van der Waals surface area contributed by atoms with Gasteiger partial charge in [0, 0.05) is 37.7 Å². The van der Waals surface area contributed by atoms with Crippen molar-refractivity contribution in [3.63, 3.8) is 0 Å². The van der Waals surface area contributed by atoms with Gasteiger partial charge in [-0.3, -0.25) is 11.3 Å². The fourth-order valence-electron chi connectivity index (χ4n) is 3.73. The van der Waals surface area contributed by atoms with Gasteiger partial charge in [0.1, 0.15) is 0 Å². The minimum atomic E-state index is -0.353. The first kappa shape index (κ1) is 24.6. The second kappa shape index (κ2) is 12.9. The predicted molar refractivity (Wildman–Crippen MR) is 120 cm³/mol. The van der Waals surface area contributed by atoms with Crippen molar-refractivity contribution in [2.45, 2.75) is 62.2 Å². The van der Waals surface area contributed by atoms with Gasteiger partial charge in [0.2, 0.25) is 0 Å². The Morgan fingerprint density at radius 3 is 2.71 bits per heavy atom. The van der Waals surface area contributed by atoms with Crippen LogP contribution >= 0.6 is 34.7 Å². The summed E-state index contributed by atoms with van der Waals surface area (Å²) in [5, 5.41) is 14.5. The van der Waals surface area contributed by atoms with Crippen molar-refractivity contribution in [1.82, 2.24) is 0 Å². The topological polar surface area (TPSA) is 20.2 Å². The van der Waals surface area contributed by atoms with Gasteiger partial charge in [-0.25, -0.2) is 0 Å². The van der Waals surface area contributed by atoms with Crippen LogP contribution in [0.3, 0.4) is 0 Å². The van der Waals surface area contributed by atoms with Crippen LogP contribution in [0.4, 0.5) is 0 Å². The van der Waals surface area contributed by atoms with Gasteiger partial charge in [0.15, 0.2) is 0 Å². The Balaban J connectivity index is 0.00000280. The minimum Gasteiger partial charge on any atom is -0.388 e. The number of thiophene rings is 1. The molecule has 1 aromatic heterocycles. The fourth-order valence-corrected chi connectivity index (χ4v) is 5.89. The number of unbranched alkanes of at least 4 members (excludes halogenated alkanes) is 2. The van der Waals surface area contributed by atoms with Crippen molar-refractivity contribution in [1.29, 1.82) is 0 Å². The summed E-state index contributed by atoms with van der Waals surface area (Å²) in [4.78, 5) is 0. The molecule has 0 fully saturated rings. The molecular weight excluding hydrogens is 481 g/mol. The molecule has 28 heavy (non-hydrogen) atoms. The number of aliphatic hydroxyl groups excluding tert-OH is 1. The van der Waals surface area contributed by atoms with E-state index in [1.807, 2.05) is 17.8 Å². The zero-order valence-corrected chi connectivity index (χ0v) is 21.7. The molecule has 0 bridgehead atoms. The van der Waals surface area contributed by atoms with Crippen LogP contribution in [0.1, 0.15) is 69.1 Å². The SMILES string of the molecule is CCCCCC(O)c1ccc(C2=C(Cl)CC[C@@H]2CCSc2cc[c-]s2)cc1.[Y]. The Morgan fingerprint density at radius 2 is 2.04 bits per heavy atom. The van der Waals surface area contributed by atoms with E-state index in [-0.39, 0.29) is 38.8 Å². The van der Waals surface area contributed by atoms with Crippen molar-refractivity contribution in [2.24, 2.45) is 5.92 Å². The summed E-state index contributed by atoms with van der Waals surface area (Å²) in [5.41, 5.74) is 3.56. The van der Waals surface area contributed by atoms with E-state index in [9.17, 15) is 5.11 Å². The average molecular weight is 509 g/mol. The number of benzene rings is 1. The van der Waals surface area contributed by atoms with Crippen LogP contribution in [0.2, 0.25) is 0 Å². The zero-order valence-electron chi connectivity index (χ0n) is 16.5. The van der Waals surface area contributed by atoms with Crippen molar-refractivity contribution in [2.75, 3.05) is 5.75 Å². The van der Waals surface area contributed by atoms with Gasteiger partial charge in [0.05, 0.1) is 6.10 Å². The number of thioether (sulfide) groups is 1. The molecule has 149 valence electrons. The fraction of sp³-hybridized carbons (Fsp3) is 0.478. The monoisotopic (exact) mass is 508 g/mol. The second-order valence-corrected chi connectivity index (χ2v) is 9.93. The maximum atomic E-state index is 10.4. The molecule has 0 aliphatic heterocycles. The number of rotatable bonds is 10. The van der Waals surface area contributed by atoms with E-state index >= 15 is 0 Å². The van der Waals surface area contributed by atoms with Gasteiger partial charge in [0.25, 0.3) is 0 Å². The maximum absolute atomic E-state index is 10.4. The third-order valence-corrected chi connectivity index (χ3v) is 7.71. The molecular formula is C23H28ClOS2Y-. The molecule has 2 aromatic rings. The zero-order chi connectivity index (χ0) is 19.1. The summed E-state index contributed by atoms with van der Waals surface area (Å²) in [6, 6.07) is 12.6. The first-order chi connectivity index (χ1) is 13.2. The van der Waals surface area contributed by atoms with Crippen molar-refractivity contribution < 1.29 is 37.8 Å². The molecule has 1 heterocycles. The van der Waals surface area contributed by atoms with E-state index in [1.165, 1.54) is 28.2 Å². The molecule has 1 N–H and O–H groups in total. The quantitative estimate of drug-likeness (QED) is 0.201. The smallest absolute Gasteiger partial charge is 0.0790 e. The van der Waals surface area contributed by atoms with E-state index in [0.717, 1.165) is 48.5 Å². The second-order valence-electron chi connectivity index (χ2n) is 7.20. The van der Waals surface area contributed by atoms with Crippen LogP contribution in [0.15, 0.2) is 45.6 Å². The molecule has 1 nitrogen and oxygen atoms in total. The summed E-state index contributed by atoms with van der Waals surface area (Å²) < 4.78 is 1.34. The summed E-state index contributed by atoms with van der Waals surface area (Å²) in [6.07, 6.45) is 7.22. The third kappa shape index (κ3) is 6.96. The van der Waals surface area contributed by atoms with Gasteiger partial charge in [-0.15, -0.1) is 5.38 Å². The summed E-state index contributed by atoms with van der Waals surface area (Å²) in [6.45, 7) is 2.19. The van der Waals surface area contributed by atoms with Crippen LogP contribution in [0, 0.1) is 11.3 Å². The standard InChI is InChI=1S/C23H28ClOS2.Y/c1-2-3-4-6-21(25)17-8-10-18(11-9-17)23-19(12-13-20(23)24)14-16-27-22-7-5-15-26-22;/h5,7-11,19,21,25H,2-4,6,12-14,16H2,1H3;/q-1;/t19-,21?;/m1./s1. The van der Waals surface area contributed by atoms with Gasteiger partial charge < -0.3 is 5.11 Å². The molecule has 1 aliphatic carbocycles. The van der Waals surface area contributed by atoms with E-state index in [4.69, 9.17) is 11.6 Å². The van der Waals surface area contributed by atoms with Crippen molar-refractivity contribution >= 4 is 40.3 Å². The molecule has 1 unspecified atom stereocenters. The summed E-state index contributed by atoms with van der Waals surface area (Å²) >= 11 is 10.2. The maximum Gasteiger partial charge on any atom is 0.0790 e. The minimum absolute atomic E-state index is 0. The Bertz CT molecular complexity index is 728. The molecule has 1 radical (unpaired) electrons. The molecule has 0 saturated heterocycles. The van der Waals surface area contributed by atoms with E-state index in [0.29, 0.717) is 5.92 Å². The molecule has 1 aliphatic rings. The molecule has 5 heteroatoms. The number of allylic oxidation sites excluding steroid dienone is 2. The third-order valence-electron chi connectivity index (χ3n) is 5.26. The molecule has 0 spiro atoms.